The van der Waals surface area contributed by atoms with Crippen molar-refractivity contribution in [2.24, 2.45) is 0 Å². The molecule has 1 N–H and O–H groups in total. The molecule has 0 aliphatic carbocycles. The fourth-order valence-corrected chi connectivity index (χ4v) is 5.83. The summed E-state index contributed by atoms with van der Waals surface area (Å²) >= 11 is 6.36. The van der Waals surface area contributed by atoms with Crippen LogP contribution in [0.4, 0.5) is 5.69 Å². The normalized spacial score (nSPS) is 12.1. The lowest BCUT2D eigenvalue weighted by molar-refractivity contribution is -0.139. The summed E-state index contributed by atoms with van der Waals surface area (Å²) < 4.78 is 34.1. The van der Waals surface area contributed by atoms with Gasteiger partial charge >= 0.3 is 0 Å². The van der Waals surface area contributed by atoms with E-state index in [9.17, 15) is 18.0 Å². The highest BCUT2D eigenvalue weighted by atomic mass is 35.5. The van der Waals surface area contributed by atoms with Gasteiger partial charge in [-0.3, -0.25) is 13.9 Å². The number of halogens is 1. The number of ether oxygens (including phenoxy) is 1. The first-order valence-electron chi connectivity index (χ1n) is 12.9. The second kappa shape index (κ2) is 13.2. The van der Waals surface area contributed by atoms with Crippen molar-refractivity contribution in [2.75, 3.05) is 18.0 Å². The molecule has 0 bridgehead atoms. The number of hydrogen-bond acceptors (Lipinski definition) is 5. The fourth-order valence-electron chi connectivity index (χ4n) is 4.17. The van der Waals surface area contributed by atoms with E-state index in [0.717, 1.165) is 21.0 Å². The highest BCUT2D eigenvalue weighted by Crippen LogP contribution is 2.32. The van der Waals surface area contributed by atoms with Crippen molar-refractivity contribution in [3.63, 3.8) is 0 Å². The van der Waals surface area contributed by atoms with Gasteiger partial charge in [-0.1, -0.05) is 59.1 Å². The van der Waals surface area contributed by atoms with Crippen molar-refractivity contribution in [1.29, 1.82) is 0 Å². The summed E-state index contributed by atoms with van der Waals surface area (Å²) in [7, 11) is -2.74. The summed E-state index contributed by atoms with van der Waals surface area (Å²) in [4.78, 5) is 28.4. The molecule has 3 aromatic rings. The van der Waals surface area contributed by atoms with Crippen molar-refractivity contribution < 1.29 is 22.7 Å². The smallest absolute Gasteiger partial charge is 0.264 e. The zero-order chi connectivity index (χ0) is 29.6. The van der Waals surface area contributed by atoms with E-state index in [1.165, 1.54) is 36.3 Å². The number of nitrogens with one attached hydrogen (secondary N) is 1. The van der Waals surface area contributed by atoms with E-state index < -0.39 is 28.5 Å². The Labute approximate surface area is 241 Å². The zero-order valence-corrected chi connectivity index (χ0v) is 25.2. The van der Waals surface area contributed by atoms with E-state index in [0.29, 0.717) is 5.75 Å². The lowest BCUT2D eigenvalue weighted by atomic mass is 10.1. The molecule has 0 radical (unpaired) electrons. The molecule has 0 fully saturated rings. The maximum Gasteiger partial charge on any atom is 0.264 e. The van der Waals surface area contributed by atoms with Gasteiger partial charge in [0.05, 0.1) is 22.7 Å². The first-order chi connectivity index (χ1) is 18.8. The van der Waals surface area contributed by atoms with Crippen LogP contribution in [-0.2, 0) is 26.2 Å². The van der Waals surface area contributed by atoms with Crippen molar-refractivity contribution >= 4 is 39.1 Å². The van der Waals surface area contributed by atoms with Crippen LogP contribution in [0.1, 0.15) is 37.5 Å². The van der Waals surface area contributed by atoms with E-state index in [1.54, 1.807) is 25.1 Å². The highest BCUT2D eigenvalue weighted by molar-refractivity contribution is 7.92. The lowest BCUT2D eigenvalue weighted by Gasteiger charge is -2.32. The quantitative estimate of drug-likeness (QED) is 0.338. The second-order valence-electron chi connectivity index (χ2n) is 9.99. The summed E-state index contributed by atoms with van der Waals surface area (Å²) in [5, 5.41) is 3.04. The molecule has 1 atom stereocenters. The summed E-state index contributed by atoms with van der Waals surface area (Å²) in [6.07, 6.45) is 0. The summed E-state index contributed by atoms with van der Waals surface area (Å²) in [5.74, 6) is -0.517. The minimum absolute atomic E-state index is 0.0219. The van der Waals surface area contributed by atoms with Crippen LogP contribution in [0.25, 0.3) is 0 Å². The van der Waals surface area contributed by atoms with Crippen molar-refractivity contribution in [3.05, 3.63) is 88.4 Å². The van der Waals surface area contributed by atoms with E-state index in [2.05, 4.69) is 5.32 Å². The molecule has 40 heavy (non-hydrogen) atoms. The van der Waals surface area contributed by atoms with Crippen LogP contribution in [-0.4, -0.2) is 50.9 Å². The Kier molecular flexibility index (Phi) is 10.2. The Bertz CT molecular complexity index is 1460. The molecule has 0 aromatic heterocycles. The SMILES string of the molecule is COc1ccc(N(CC(=O)N(Cc2cccc(C)c2)[C@@H](C)C(=O)NC(C)C)S(=O)(=O)c2ccc(C)cc2)cc1Cl. The molecule has 10 heteroatoms. The van der Waals surface area contributed by atoms with Gasteiger partial charge in [-0.15, -0.1) is 0 Å². The van der Waals surface area contributed by atoms with Crippen LogP contribution >= 0.6 is 11.6 Å². The summed E-state index contributed by atoms with van der Waals surface area (Å²) in [6.45, 7) is 8.66. The number of carbonyl (C=O) groups excluding carboxylic acids is 2. The number of amides is 2. The Morgan fingerprint density at radius 3 is 2.20 bits per heavy atom. The summed E-state index contributed by atoms with van der Waals surface area (Å²) in [6, 6.07) is 17.5. The minimum Gasteiger partial charge on any atom is -0.495 e. The van der Waals surface area contributed by atoms with Gasteiger partial charge in [-0.2, -0.15) is 0 Å². The molecule has 3 aromatic carbocycles. The zero-order valence-electron chi connectivity index (χ0n) is 23.6. The molecule has 0 unspecified atom stereocenters. The Morgan fingerprint density at radius 1 is 0.950 bits per heavy atom. The number of rotatable bonds is 11. The number of sulfonamides is 1. The summed E-state index contributed by atoms with van der Waals surface area (Å²) in [5.41, 5.74) is 2.90. The molecule has 3 rings (SSSR count). The van der Waals surface area contributed by atoms with Crippen LogP contribution < -0.4 is 14.4 Å². The van der Waals surface area contributed by atoms with E-state index in [1.807, 2.05) is 52.0 Å². The molecule has 214 valence electrons. The maximum absolute atomic E-state index is 14.0. The molecule has 2 amide bonds. The lowest BCUT2D eigenvalue weighted by Crippen LogP contribution is -2.52. The van der Waals surface area contributed by atoms with Crippen LogP contribution in [0.3, 0.4) is 0 Å². The van der Waals surface area contributed by atoms with Gasteiger partial charge in [0.1, 0.15) is 18.3 Å². The standard InChI is InChI=1S/C30H36ClN3O5S/c1-20(2)32-30(36)23(5)33(18-24-9-7-8-22(4)16-24)29(35)19-34(25-12-15-28(39-6)27(31)17-25)40(37,38)26-13-10-21(3)11-14-26/h7-17,20,23H,18-19H2,1-6H3,(H,32,36)/t23-/m0/s1. The van der Waals surface area contributed by atoms with Crippen molar-refractivity contribution in [1.82, 2.24) is 10.2 Å². The third-order valence-electron chi connectivity index (χ3n) is 6.34. The Balaban J connectivity index is 2.07. The van der Waals surface area contributed by atoms with Gasteiger partial charge in [0.15, 0.2) is 0 Å². The first kappa shape index (κ1) is 31.0. The fraction of sp³-hybridized carbons (Fsp3) is 0.333. The van der Waals surface area contributed by atoms with Gasteiger partial charge in [-0.25, -0.2) is 8.42 Å². The van der Waals surface area contributed by atoms with Crippen LogP contribution in [0.2, 0.25) is 5.02 Å². The molecule has 0 aliphatic rings. The average Bonchev–Trinajstić information content (AvgIpc) is 2.89. The first-order valence-corrected chi connectivity index (χ1v) is 14.7. The molecule has 0 aliphatic heterocycles. The van der Waals surface area contributed by atoms with E-state index in [-0.39, 0.29) is 34.1 Å². The van der Waals surface area contributed by atoms with Gasteiger partial charge in [-0.05, 0) is 70.5 Å². The van der Waals surface area contributed by atoms with Crippen LogP contribution in [0.5, 0.6) is 5.75 Å². The largest absolute Gasteiger partial charge is 0.495 e. The maximum atomic E-state index is 14.0. The Morgan fingerprint density at radius 2 is 1.62 bits per heavy atom. The third-order valence-corrected chi connectivity index (χ3v) is 8.43. The minimum atomic E-state index is -4.19. The van der Waals surface area contributed by atoms with Crippen molar-refractivity contribution in [3.8, 4) is 5.75 Å². The van der Waals surface area contributed by atoms with E-state index >= 15 is 0 Å². The molecular formula is C30H36ClN3O5S. The van der Waals surface area contributed by atoms with Crippen LogP contribution in [0, 0.1) is 13.8 Å². The number of hydrogen-bond donors (Lipinski definition) is 1. The molecule has 0 heterocycles. The predicted molar refractivity (Wildman–Crippen MR) is 158 cm³/mol. The van der Waals surface area contributed by atoms with Gasteiger partial charge in [0.25, 0.3) is 10.0 Å². The second-order valence-corrected chi connectivity index (χ2v) is 12.3. The monoisotopic (exact) mass is 585 g/mol. The molecule has 0 saturated carbocycles. The molecular weight excluding hydrogens is 550 g/mol. The molecule has 0 spiro atoms. The number of methoxy groups -OCH3 is 1. The topological polar surface area (TPSA) is 96.0 Å². The number of nitrogens with zero attached hydrogens (tertiary/aromatic N) is 2. The molecule has 0 saturated heterocycles. The average molecular weight is 586 g/mol. The number of carbonyl (C=O) groups is 2. The molecule has 8 nitrogen and oxygen atoms in total. The van der Waals surface area contributed by atoms with Gasteiger partial charge in [0, 0.05) is 12.6 Å². The van der Waals surface area contributed by atoms with Crippen molar-refractivity contribution in [2.45, 2.75) is 58.1 Å². The van der Waals surface area contributed by atoms with Gasteiger partial charge < -0.3 is 15.0 Å². The number of anilines is 1. The highest BCUT2D eigenvalue weighted by Gasteiger charge is 2.33. The Hall–Kier alpha value is -3.56. The van der Waals surface area contributed by atoms with Gasteiger partial charge in [0.2, 0.25) is 11.8 Å². The number of benzene rings is 3. The van der Waals surface area contributed by atoms with Crippen LogP contribution in [0.15, 0.2) is 71.6 Å². The van der Waals surface area contributed by atoms with E-state index in [4.69, 9.17) is 16.3 Å². The predicted octanol–water partition coefficient (Wildman–Crippen LogP) is 5.10. The number of aryl methyl sites for hydroxylation is 2. The third kappa shape index (κ3) is 7.55.